The van der Waals surface area contributed by atoms with Crippen molar-refractivity contribution in [2.24, 2.45) is 0 Å². The highest BCUT2D eigenvalue weighted by atomic mass is 32.2. The van der Waals surface area contributed by atoms with E-state index in [4.69, 9.17) is 4.98 Å². The number of nitrogens with one attached hydrogen (secondary N) is 1. The average molecular weight is 326 g/mol. The summed E-state index contributed by atoms with van der Waals surface area (Å²) in [7, 11) is 0. The lowest BCUT2D eigenvalue weighted by atomic mass is 10.2. The SMILES string of the molecule is CC(C)NCc1sc(N2CC(C)SC(C)C2)nc1C1CC1. The first-order valence-electron chi connectivity index (χ1n) is 8.16. The molecule has 1 aromatic rings. The molecular weight excluding hydrogens is 298 g/mol. The Hall–Kier alpha value is -0.260. The van der Waals surface area contributed by atoms with E-state index in [0.29, 0.717) is 16.5 Å². The quantitative estimate of drug-likeness (QED) is 0.890. The zero-order valence-corrected chi connectivity index (χ0v) is 15.2. The Labute approximate surface area is 136 Å². The Kier molecular flexibility index (Phi) is 4.81. The Balaban J connectivity index is 1.77. The smallest absolute Gasteiger partial charge is 0.185 e. The molecule has 0 aromatic carbocycles. The molecule has 2 atom stereocenters. The van der Waals surface area contributed by atoms with E-state index in [0.717, 1.165) is 25.6 Å². The molecule has 1 aliphatic heterocycles. The summed E-state index contributed by atoms with van der Waals surface area (Å²) in [4.78, 5) is 9.03. The van der Waals surface area contributed by atoms with E-state index in [2.05, 4.69) is 49.7 Å². The molecule has 0 amide bonds. The minimum atomic E-state index is 0.536. The van der Waals surface area contributed by atoms with Gasteiger partial charge in [0.1, 0.15) is 0 Å². The van der Waals surface area contributed by atoms with Crippen LogP contribution in [-0.2, 0) is 6.54 Å². The summed E-state index contributed by atoms with van der Waals surface area (Å²) in [5, 5.41) is 6.24. The van der Waals surface area contributed by atoms with Gasteiger partial charge in [-0.1, -0.05) is 27.7 Å². The second-order valence-electron chi connectivity index (χ2n) is 6.78. The second kappa shape index (κ2) is 6.47. The zero-order valence-electron chi connectivity index (χ0n) is 13.6. The standard InChI is InChI=1S/C16H27N3S2/c1-10(2)17-7-14-15(13-5-6-13)18-16(21-14)19-8-11(3)20-12(4)9-19/h10-13,17H,5-9H2,1-4H3. The van der Waals surface area contributed by atoms with Crippen LogP contribution in [0.4, 0.5) is 5.13 Å². The van der Waals surface area contributed by atoms with E-state index in [1.54, 1.807) is 0 Å². The van der Waals surface area contributed by atoms with Crippen LogP contribution >= 0.6 is 23.1 Å². The number of anilines is 1. The molecule has 2 fully saturated rings. The monoisotopic (exact) mass is 325 g/mol. The van der Waals surface area contributed by atoms with Crippen molar-refractivity contribution in [3.05, 3.63) is 10.6 Å². The van der Waals surface area contributed by atoms with Gasteiger partial charge in [-0.05, 0) is 12.8 Å². The molecule has 0 spiro atoms. The van der Waals surface area contributed by atoms with E-state index in [1.807, 2.05) is 11.3 Å². The van der Waals surface area contributed by atoms with Crippen LogP contribution in [0.25, 0.3) is 0 Å². The normalized spacial score (nSPS) is 26.6. The predicted octanol–water partition coefficient (Wildman–Crippen LogP) is 3.85. The molecule has 118 valence electrons. The van der Waals surface area contributed by atoms with Gasteiger partial charge in [-0.15, -0.1) is 11.3 Å². The Morgan fingerprint density at radius 3 is 2.48 bits per heavy atom. The maximum absolute atomic E-state index is 5.04. The highest BCUT2D eigenvalue weighted by Gasteiger charge is 2.32. The number of hydrogen-bond donors (Lipinski definition) is 1. The van der Waals surface area contributed by atoms with Crippen molar-refractivity contribution in [2.75, 3.05) is 18.0 Å². The molecule has 1 N–H and O–H groups in total. The molecule has 2 heterocycles. The van der Waals surface area contributed by atoms with Crippen LogP contribution in [0.15, 0.2) is 0 Å². The maximum atomic E-state index is 5.04. The van der Waals surface area contributed by atoms with Gasteiger partial charge in [-0.3, -0.25) is 0 Å². The third-order valence-electron chi connectivity index (χ3n) is 4.04. The highest BCUT2D eigenvalue weighted by molar-refractivity contribution is 8.00. The predicted molar refractivity (Wildman–Crippen MR) is 94.8 cm³/mol. The van der Waals surface area contributed by atoms with Gasteiger partial charge in [-0.25, -0.2) is 4.98 Å². The first kappa shape index (κ1) is 15.6. The van der Waals surface area contributed by atoms with Crippen molar-refractivity contribution in [3.63, 3.8) is 0 Å². The van der Waals surface area contributed by atoms with Crippen LogP contribution in [0, 0.1) is 0 Å². The highest BCUT2D eigenvalue weighted by Crippen LogP contribution is 2.44. The van der Waals surface area contributed by atoms with Gasteiger partial charge in [0, 0.05) is 47.0 Å². The van der Waals surface area contributed by atoms with Gasteiger partial charge < -0.3 is 10.2 Å². The molecule has 3 nitrogen and oxygen atoms in total. The van der Waals surface area contributed by atoms with E-state index in [-0.39, 0.29) is 0 Å². The maximum Gasteiger partial charge on any atom is 0.185 e. The minimum Gasteiger partial charge on any atom is -0.346 e. The second-order valence-corrected chi connectivity index (χ2v) is 9.72. The fraction of sp³-hybridized carbons (Fsp3) is 0.812. The van der Waals surface area contributed by atoms with Crippen molar-refractivity contribution in [1.29, 1.82) is 0 Å². The molecule has 1 aliphatic carbocycles. The zero-order chi connectivity index (χ0) is 15.0. The minimum absolute atomic E-state index is 0.536. The summed E-state index contributed by atoms with van der Waals surface area (Å²) in [5.41, 5.74) is 1.39. The molecule has 1 aromatic heterocycles. The third-order valence-corrected chi connectivity index (χ3v) is 6.40. The number of nitrogens with zero attached hydrogens (tertiary/aromatic N) is 2. The first-order valence-corrected chi connectivity index (χ1v) is 9.92. The molecule has 3 rings (SSSR count). The van der Waals surface area contributed by atoms with E-state index >= 15 is 0 Å². The lowest BCUT2D eigenvalue weighted by Gasteiger charge is -2.34. The van der Waals surface area contributed by atoms with Crippen molar-refractivity contribution in [3.8, 4) is 0 Å². The molecular formula is C16H27N3S2. The topological polar surface area (TPSA) is 28.2 Å². The lowest BCUT2D eigenvalue weighted by Crippen LogP contribution is -2.40. The number of rotatable bonds is 5. The fourth-order valence-electron chi connectivity index (χ4n) is 2.92. The van der Waals surface area contributed by atoms with Crippen LogP contribution in [0.2, 0.25) is 0 Å². The van der Waals surface area contributed by atoms with Crippen LogP contribution < -0.4 is 10.2 Å². The summed E-state index contributed by atoms with van der Waals surface area (Å²) in [5.74, 6) is 0.743. The van der Waals surface area contributed by atoms with Gasteiger partial charge in [0.15, 0.2) is 5.13 Å². The Morgan fingerprint density at radius 2 is 1.90 bits per heavy atom. The molecule has 5 heteroatoms. The number of aromatic nitrogens is 1. The third kappa shape index (κ3) is 3.93. The van der Waals surface area contributed by atoms with Crippen LogP contribution in [-0.4, -0.2) is 34.6 Å². The van der Waals surface area contributed by atoms with Gasteiger partial charge in [0.25, 0.3) is 0 Å². The van der Waals surface area contributed by atoms with Crippen molar-refractivity contribution < 1.29 is 0 Å². The summed E-state index contributed by atoms with van der Waals surface area (Å²) in [6, 6.07) is 0.536. The van der Waals surface area contributed by atoms with Gasteiger partial charge >= 0.3 is 0 Å². The molecule has 2 unspecified atom stereocenters. The largest absolute Gasteiger partial charge is 0.346 e. The van der Waals surface area contributed by atoms with Crippen molar-refractivity contribution in [1.82, 2.24) is 10.3 Å². The van der Waals surface area contributed by atoms with Crippen molar-refractivity contribution in [2.45, 2.75) is 69.5 Å². The number of thiazole rings is 1. The Bertz CT molecular complexity index is 472. The molecule has 21 heavy (non-hydrogen) atoms. The van der Waals surface area contributed by atoms with Gasteiger partial charge in [0.2, 0.25) is 0 Å². The molecule has 0 radical (unpaired) electrons. The summed E-state index contributed by atoms with van der Waals surface area (Å²) >= 11 is 4.03. The van der Waals surface area contributed by atoms with Crippen molar-refractivity contribution >= 4 is 28.2 Å². The summed E-state index contributed by atoms with van der Waals surface area (Å²) in [6.45, 7) is 12.4. The average Bonchev–Trinajstić information content (AvgIpc) is 3.15. The van der Waals surface area contributed by atoms with Crippen LogP contribution in [0.5, 0.6) is 0 Å². The molecule has 0 bridgehead atoms. The van der Waals surface area contributed by atoms with Gasteiger partial charge in [-0.2, -0.15) is 11.8 Å². The molecule has 1 saturated heterocycles. The van der Waals surface area contributed by atoms with Gasteiger partial charge in [0.05, 0.1) is 5.69 Å². The Morgan fingerprint density at radius 1 is 1.24 bits per heavy atom. The molecule has 2 aliphatic rings. The van der Waals surface area contributed by atoms with E-state index < -0.39 is 0 Å². The molecule has 1 saturated carbocycles. The summed E-state index contributed by atoms with van der Waals surface area (Å²) < 4.78 is 0. The first-order chi connectivity index (χ1) is 10.0. The lowest BCUT2D eigenvalue weighted by molar-refractivity contribution is 0.590. The van der Waals surface area contributed by atoms with Crippen LogP contribution in [0.3, 0.4) is 0 Å². The van der Waals surface area contributed by atoms with E-state index in [1.165, 1.54) is 28.5 Å². The summed E-state index contributed by atoms with van der Waals surface area (Å²) in [6.07, 6.45) is 2.67. The fourth-order valence-corrected chi connectivity index (χ4v) is 5.36. The van der Waals surface area contributed by atoms with Crippen LogP contribution in [0.1, 0.15) is 57.0 Å². The van der Waals surface area contributed by atoms with E-state index in [9.17, 15) is 0 Å². The number of hydrogen-bond acceptors (Lipinski definition) is 5. The number of thioether (sulfide) groups is 1.